The van der Waals surface area contributed by atoms with Crippen LogP contribution in [0.4, 0.5) is 0 Å². The summed E-state index contributed by atoms with van der Waals surface area (Å²) in [6, 6.07) is 5.71. The zero-order valence-electron chi connectivity index (χ0n) is 8.68. The van der Waals surface area contributed by atoms with Gasteiger partial charge in [0.05, 0.1) is 0 Å². The van der Waals surface area contributed by atoms with Crippen LogP contribution in [0.2, 0.25) is 0 Å². The van der Waals surface area contributed by atoms with Gasteiger partial charge in [0.2, 0.25) is 0 Å². The Morgan fingerprint density at radius 2 is 2.27 bits per heavy atom. The molecule has 0 fully saturated rings. The molecular weight excluding hydrogens is 208 g/mol. The van der Waals surface area contributed by atoms with Crippen LogP contribution < -0.4 is 0 Å². The van der Waals surface area contributed by atoms with E-state index in [1.165, 1.54) is 0 Å². The van der Waals surface area contributed by atoms with Crippen LogP contribution in [-0.2, 0) is 0 Å². The lowest BCUT2D eigenvalue weighted by atomic mass is 10.4. The highest BCUT2D eigenvalue weighted by atomic mass is 32.2. The van der Waals surface area contributed by atoms with Crippen molar-refractivity contribution in [3.63, 3.8) is 0 Å². The number of thioether (sulfide) groups is 1. The second-order valence-electron chi connectivity index (χ2n) is 3.52. The van der Waals surface area contributed by atoms with E-state index in [-0.39, 0.29) is 0 Å². The van der Waals surface area contributed by atoms with Gasteiger partial charge in [-0.3, -0.25) is 9.20 Å². The highest BCUT2D eigenvalue weighted by molar-refractivity contribution is 7.99. The number of carbonyl (C=O) groups is 1. The molecule has 0 aliphatic rings. The predicted octanol–water partition coefficient (Wildman–Crippen LogP) is 2.65. The van der Waals surface area contributed by atoms with E-state index in [1.807, 2.05) is 28.8 Å². The van der Waals surface area contributed by atoms with Crippen LogP contribution in [0.1, 0.15) is 24.3 Å². The van der Waals surface area contributed by atoms with Gasteiger partial charge in [-0.2, -0.15) is 0 Å². The number of fused-ring (bicyclic) bond motifs is 1. The summed E-state index contributed by atoms with van der Waals surface area (Å²) in [5.41, 5.74) is 1.46. The van der Waals surface area contributed by atoms with Crippen LogP contribution in [0.5, 0.6) is 0 Å². The monoisotopic (exact) mass is 220 g/mol. The van der Waals surface area contributed by atoms with Crippen molar-refractivity contribution < 1.29 is 4.79 Å². The minimum atomic E-state index is 0.425. The predicted molar refractivity (Wildman–Crippen MR) is 61.6 cm³/mol. The lowest BCUT2D eigenvalue weighted by molar-refractivity contribution is 0.111. The maximum absolute atomic E-state index is 11.0. The summed E-state index contributed by atoms with van der Waals surface area (Å²) in [5, 5.41) is 1.24. The molecule has 0 aliphatic carbocycles. The minimum absolute atomic E-state index is 0.425. The number of pyridine rings is 1. The Balaban J connectivity index is 2.58. The third-order valence-corrected chi connectivity index (χ3v) is 2.99. The van der Waals surface area contributed by atoms with Crippen molar-refractivity contribution in [2.75, 3.05) is 0 Å². The molecule has 0 unspecified atom stereocenters. The van der Waals surface area contributed by atoms with E-state index in [9.17, 15) is 4.79 Å². The van der Waals surface area contributed by atoms with E-state index in [0.717, 1.165) is 17.0 Å². The van der Waals surface area contributed by atoms with Crippen LogP contribution in [0.15, 0.2) is 29.4 Å². The average Bonchev–Trinajstić information content (AvgIpc) is 2.53. The zero-order valence-corrected chi connectivity index (χ0v) is 9.49. The smallest absolute Gasteiger partial charge is 0.169 e. The largest absolute Gasteiger partial charge is 0.296 e. The fourth-order valence-corrected chi connectivity index (χ4v) is 2.27. The highest BCUT2D eigenvalue weighted by Crippen LogP contribution is 2.25. The maximum atomic E-state index is 11.0. The molecule has 0 aliphatic heterocycles. The molecule has 0 amide bonds. The number of aldehydes is 1. The molecule has 0 N–H and O–H groups in total. The van der Waals surface area contributed by atoms with Crippen LogP contribution in [0.3, 0.4) is 0 Å². The van der Waals surface area contributed by atoms with Gasteiger partial charge in [-0.25, -0.2) is 4.98 Å². The van der Waals surface area contributed by atoms with Crippen LogP contribution in [0, 0.1) is 0 Å². The molecule has 0 atom stereocenters. The summed E-state index contributed by atoms with van der Waals surface area (Å²) in [6.45, 7) is 4.17. The first-order valence-corrected chi connectivity index (χ1v) is 5.69. The van der Waals surface area contributed by atoms with Crippen molar-refractivity contribution in [1.82, 2.24) is 9.38 Å². The van der Waals surface area contributed by atoms with Crippen LogP contribution in [0.25, 0.3) is 5.65 Å². The van der Waals surface area contributed by atoms with E-state index in [2.05, 4.69) is 18.8 Å². The number of hydrogen-bond donors (Lipinski definition) is 0. The topological polar surface area (TPSA) is 34.4 Å². The van der Waals surface area contributed by atoms with E-state index >= 15 is 0 Å². The molecular formula is C11H12N2OS. The van der Waals surface area contributed by atoms with Crippen molar-refractivity contribution >= 4 is 23.7 Å². The number of carbonyl (C=O) groups excluding carboxylic acids is 1. The van der Waals surface area contributed by atoms with Gasteiger partial charge < -0.3 is 0 Å². The first kappa shape index (κ1) is 10.2. The van der Waals surface area contributed by atoms with Gasteiger partial charge >= 0.3 is 0 Å². The summed E-state index contributed by atoms with van der Waals surface area (Å²) in [6.07, 6.45) is 2.72. The van der Waals surface area contributed by atoms with Gasteiger partial charge in [0.15, 0.2) is 6.29 Å². The van der Waals surface area contributed by atoms with Crippen molar-refractivity contribution in [2.24, 2.45) is 0 Å². The fraction of sp³-hybridized carbons (Fsp3) is 0.273. The van der Waals surface area contributed by atoms with E-state index in [1.54, 1.807) is 11.8 Å². The highest BCUT2D eigenvalue weighted by Gasteiger charge is 2.12. The lowest BCUT2D eigenvalue weighted by Gasteiger charge is -2.00. The van der Waals surface area contributed by atoms with Gasteiger partial charge in [0, 0.05) is 11.4 Å². The Morgan fingerprint density at radius 3 is 2.93 bits per heavy atom. The summed E-state index contributed by atoms with van der Waals surface area (Å²) >= 11 is 1.61. The normalized spacial score (nSPS) is 11.1. The quantitative estimate of drug-likeness (QED) is 0.589. The van der Waals surface area contributed by atoms with Crippen molar-refractivity contribution in [3.05, 3.63) is 30.1 Å². The molecule has 78 valence electrons. The first-order chi connectivity index (χ1) is 7.22. The molecule has 3 nitrogen and oxygen atoms in total. The van der Waals surface area contributed by atoms with Crippen molar-refractivity contribution in [1.29, 1.82) is 0 Å². The summed E-state index contributed by atoms with van der Waals surface area (Å²) in [5.74, 6) is 0. The van der Waals surface area contributed by atoms with E-state index < -0.39 is 0 Å². The Hall–Kier alpha value is -1.29. The number of imidazole rings is 1. The molecule has 2 heterocycles. The van der Waals surface area contributed by atoms with Gasteiger partial charge in [0.1, 0.15) is 16.4 Å². The standard InChI is InChI=1S/C11H12N2OS/c1-8(2)15-11-9(7-14)13-6-4-3-5-10(13)12-11/h3-8H,1-2H3. The molecule has 15 heavy (non-hydrogen) atoms. The molecule has 2 rings (SSSR count). The summed E-state index contributed by atoms with van der Waals surface area (Å²) in [4.78, 5) is 15.4. The fourth-order valence-electron chi connectivity index (χ4n) is 1.41. The SMILES string of the molecule is CC(C)Sc1nc2ccccn2c1C=O. The molecule has 0 bridgehead atoms. The second kappa shape index (κ2) is 4.06. The number of nitrogens with zero attached hydrogens (tertiary/aromatic N) is 2. The Bertz CT molecular complexity index is 490. The third-order valence-electron chi connectivity index (χ3n) is 1.99. The van der Waals surface area contributed by atoms with Crippen molar-refractivity contribution in [2.45, 2.75) is 24.1 Å². The Kier molecular flexibility index (Phi) is 2.77. The van der Waals surface area contributed by atoms with Crippen LogP contribution >= 0.6 is 11.8 Å². The first-order valence-electron chi connectivity index (χ1n) is 4.81. The molecule has 0 saturated carbocycles. The second-order valence-corrected chi connectivity index (χ2v) is 5.08. The number of aromatic nitrogens is 2. The Morgan fingerprint density at radius 1 is 1.47 bits per heavy atom. The summed E-state index contributed by atoms with van der Waals surface area (Å²) in [7, 11) is 0. The lowest BCUT2D eigenvalue weighted by Crippen LogP contribution is -1.93. The van der Waals surface area contributed by atoms with Crippen molar-refractivity contribution in [3.8, 4) is 0 Å². The van der Waals surface area contributed by atoms with Gasteiger partial charge in [-0.05, 0) is 12.1 Å². The van der Waals surface area contributed by atoms with Gasteiger partial charge in [0.25, 0.3) is 0 Å². The molecule has 2 aromatic heterocycles. The molecule has 0 spiro atoms. The molecule has 4 heteroatoms. The van der Waals surface area contributed by atoms with Crippen LogP contribution in [-0.4, -0.2) is 20.9 Å². The van der Waals surface area contributed by atoms with E-state index in [4.69, 9.17) is 0 Å². The van der Waals surface area contributed by atoms with Gasteiger partial charge in [-0.1, -0.05) is 19.9 Å². The molecule has 2 aromatic rings. The molecule has 0 radical (unpaired) electrons. The van der Waals surface area contributed by atoms with E-state index in [0.29, 0.717) is 10.9 Å². The Labute approximate surface area is 92.5 Å². The number of hydrogen-bond acceptors (Lipinski definition) is 3. The third kappa shape index (κ3) is 1.90. The maximum Gasteiger partial charge on any atom is 0.169 e. The van der Waals surface area contributed by atoms with Gasteiger partial charge in [-0.15, -0.1) is 11.8 Å². The zero-order chi connectivity index (χ0) is 10.8. The minimum Gasteiger partial charge on any atom is -0.296 e. The average molecular weight is 220 g/mol. The summed E-state index contributed by atoms with van der Waals surface area (Å²) < 4.78 is 1.82. The molecule has 0 aromatic carbocycles. The number of rotatable bonds is 3. The molecule has 0 saturated heterocycles.